The molecule has 2 nitrogen and oxygen atoms in total. The zero-order valence-corrected chi connectivity index (χ0v) is 48.1. The second kappa shape index (κ2) is 19.4. The van der Waals surface area contributed by atoms with Crippen molar-refractivity contribution in [2.75, 3.05) is 9.80 Å². The molecule has 0 heterocycles. The number of para-hydroxylation sites is 2. The molecule has 85 heavy (non-hydrogen) atoms. The van der Waals surface area contributed by atoms with Gasteiger partial charge in [-0.05, 0) is 210 Å². The summed E-state index contributed by atoms with van der Waals surface area (Å²) < 4.78 is 0. The maximum atomic E-state index is 2.61. The number of rotatable bonds is 10. The normalized spacial score (nSPS) is 18.5. The van der Waals surface area contributed by atoms with Crippen molar-refractivity contribution in [3.63, 3.8) is 0 Å². The van der Waals surface area contributed by atoms with E-state index in [0.29, 0.717) is 5.92 Å². The Labute approximate surface area is 500 Å². The van der Waals surface area contributed by atoms with Crippen molar-refractivity contribution in [1.29, 1.82) is 0 Å². The van der Waals surface area contributed by atoms with E-state index < -0.39 is 5.41 Å². The highest BCUT2D eigenvalue weighted by atomic mass is 15.2. The molecule has 4 atom stereocenters. The van der Waals surface area contributed by atoms with Gasteiger partial charge in [0.05, 0.1) is 16.8 Å². The maximum Gasteiger partial charge on any atom is 0.0727 e. The number of benzene rings is 12. The molecule has 0 saturated heterocycles. The minimum Gasteiger partial charge on any atom is -0.310 e. The Morgan fingerprint density at radius 2 is 0.729 bits per heavy atom. The number of anilines is 6. The molecule has 2 fully saturated rings. The van der Waals surface area contributed by atoms with E-state index in [4.69, 9.17) is 0 Å². The van der Waals surface area contributed by atoms with Crippen molar-refractivity contribution in [3.05, 3.63) is 324 Å². The van der Waals surface area contributed by atoms with Gasteiger partial charge in [-0.2, -0.15) is 0 Å². The molecule has 406 valence electrons. The van der Waals surface area contributed by atoms with Gasteiger partial charge in [-0.3, -0.25) is 0 Å². The van der Waals surface area contributed by atoms with Gasteiger partial charge >= 0.3 is 0 Å². The van der Waals surface area contributed by atoms with Gasteiger partial charge in [-0.25, -0.2) is 0 Å². The van der Waals surface area contributed by atoms with Crippen LogP contribution in [-0.2, 0) is 10.8 Å². The molecule has 12 aromatic rings. The van der Waals surface area contributed by atoms with Crippen LogP contribution in [0.25, 0.3) is 66.8 Å². The van der Waals surface area contributed by atoms with E-state index in [9.17, 15) is 0 Å². The lowest BCUT2D eigenvalue weighted by Crippen LogP contribution is -2.27. The number of hydrogen-bond donors (Lipinski definition) is 0. The molecule has 1 spiro atoms. The second-order valence-electron chi connectivity index (χ2n) is 25.1. The first-order valence-corrected chi connectivity index (χ1v) is 30.7. The summed E-state index contributed by atoms with van der Waals surface area (Å²) in [6.45, 7) is 4.75. The first kappa shape index (κ1) is 49.8. The Balaban J connectivity index is 0.965. The number of hydrogen-bond acceptors (Lipinski definition) is 2. The van der Waals surface area contributed by atoms with Crippen LogP contribution in [0.15, 0.2) is 285 Å². The molecule has 17 rings (SSSR count). The average molecular weight is 1090 g/mol. The summed E-state index contributed by atoms with van der Waals surface area (Å²) in [6.07, 6.45) is 5.49. The Kier molecular flexibility index (Phi) is 11.4. The van der Waals surface area contributed by atoms with Crippen LogP contribution < -0.4 is 9.80 Å². The molecule has 5 aliphatic rings. The molecule has 5 aliphatic carbocycles. The molecule has 0 amide bonds. The van der Waals surface area contributed by atoms with Gasteiger partial charge in [0.15, 0.2) is 0 Å². The van der Waals surface area contributed by atoms with Crippen molar-refractivity contribution in [1.82, 2.24) is 0 Å². The fraction of sp³-hybridized carbons (Fsp3) is 0.133. The smallest absolute Gasteiger partial charge is 0.0727 e. The first-order chi connectivity index (χ1) is 41.9. The Morgan fingerprint density at radius 3 is 1.31 bits per heavy atom. The quantitative estimate of drug-likeness (QED) is 0.135. The van der Waals surface area contributed by atoms with E-state index >= 15 is 0 Å². The molecule has 0 aliphatic heterocycles. The Hall–Kier alpha value is -9.76. The summed E-state index contributed by atoms with van der Waals surface area (Å²) in [4.78, 5) is 5.10. The lowest BCUT2D eigenvalue weighted by molar-refractivity contribution is 0.420. The average Bonchev–Trinajstić information content (AvgIpc) is 1.53. The highest BCUT2D eigenvalue weighted by Gasteiger charge is 2.53. The SMILES string of the molecule is CC1(C)c2ccccc2-c2cc(N(c3ccccc3)c3cc4c(cc3-c3ccccc3)-c3ccccc3C43c4ccc(-c5ccccc5)cc4-c4cc(-c5ccccc5)c(N(c5ccccc5)c5ccc(C6CC7CCC6C7)cc5)cc43)ccc21. The van der Waals surface area contributed by atoms with E-state index in [2.05, 4.69) is 309 Å². The number of nitrogens with zero attached hydrogens (tertiary/aromatic N) is 2. The molecular formula is C83H64N2. The minimum atomic E-state index is -0.725. The van der Waals surface area contributed by atoms with Gasteiger partial charge in [-0.1, -0.05) is 227 Å². The van der Waals surface area contributed by atoms with E-state index in [1.165, 1.54) is 131 Å². The van der Waals surface area contributed by atoms with Crippen molar-refractivity contribution < 1.29 is 0 Å². The Morgan fingerprint density at radius 1 is 0.294 bits per heavy atom. The van der Waals surface area contributed by atoms with Gasteiger partial charge in [-0.15, -0.1) is 0 Å². The molecule has 12 aromatic carbocycles. The predicted octanol–water partition coefficient (Wildman–Crippen LogP) is 22.2. The van der Waals surface area contributed by atoms with Gasteiger partial charge in [0.25, 0.3) is 0 Å². The lowest BCUT2D eigenvalue weighted by atomic mass is 9.70. The van der Waals surface area contributed by atoms with Crippen LogP contribution in [0.5, 0.6) is 0 Å². The van der Waals surface area contributed by atoms with Crippen molar-refractivity contribution in [2.24, 2.45) is 11.8 Å². The van der Waals surface area contributed by atoms with Gasteiger partial charge in [0.2, 0.25) is 0 Å². The third kappa shape index (κ3) is 7.64. The van der Waals surface area contributed by atoms with E-state index in [1.54, 1.807) is 0 Å². The summed E-state index contributed by atoms with van der Waals surface area (Å²) in [6, 6.07) is 108. The fourth-order valence-corrected chi connectivity index (χ4v) is 16.5. The molecule has 0 N–H and O–H groups in total. The monoisotopic (exact) mass is 1090 g/mol. The zero-order chi connectivity index (χ0) is 56.4. The van der Waals surface area contributed by atoms with E-state index in [-0.39, 0.29) is 5.41 Å². The third-order valence-electron chi connectivity index (χ3n) is 20.3. The topological polar surface area (TPSA) is 6.48 Å². The molecule has 2 heteroatoms. The summed E-state index contributed by atoms with van der Waals surface area (Å²) in [7, 11) is 0. The fourth-order valence-electron chi connectivity index (χ4n) is 16.5. The third-order valence-corrected chi connectivity index (χ3v) is 20.3. The van der Waals surface area contributed by atoms with Crippen LogP contribution in [0.1, 0.15) is 84.4 Å². The molecule has 2 saturated carbocycles. The standard InChI is InChI=1S/C83H64N2/c1-82(2)74-34-20-18-32-65(74)71-49-64(43-45-75(71)82)85(62-30-16-7-17-31-62)81-52-78-72(50-68(81)56-24-10-4-11-25-56)66-33-19-21-35-76(66)83(78)77-44-40-59(55-22-8-3-9-23-55)48-70(77)73-51-69(57-26-12-5-13-27-57)80(53-79(73)83)84(61-28-14-6-15-29-61)63-41-38-58(39-42-63)67-47-54-36-37-60(67)46-54/h3-35,38-45,48-54,60,67H,36-37,46-47H2,1-2H3. The predicted molar refractivity (Wildman–Crippen MR) is 354 cm³/mol. The Bertz CT molecular complexity index is 4570. The zero-order valence-electron chi connectivity index (χ0n) is 48.1. The molecule has 2 bridgehead atoms. The van der Waals surface area contributed by atoms with Crippen LogP contribution in [0, 0.1) is 11.8 Å². The molecular weight excluding hydrogens is 1020 g/mol. The van der Waals surface area contributed by atoms with Crippen LogP contribution in [-0.4, -0.2) is 0 Å². The highest BCUT2D eigenvalue weighted by molar-refractivity contribution is 6.04. The van der Waals surface area contributed by atoms with Gasteiger partial charge < -0.3 is 9.80 Å². The van der Waals surface area contributed by atoms with Crippen LogP contribution >= 0.6 is 0 Å². The second-order valence-corrected chi connectivity index (χ2v) is 25.1. The number of fused-ring (bicyclic) bond motifs is 15. The van der Waals surface area contributed by atoms with Gasteiger partial charge in [0.1, 0.15) is 0 Å². The summed E-state index contributed by atoms with van der Waals surface area (Å²) in [5.74, 6) is 2.34. The van der Waals surface area contributed by atoms with Crippen molar-refractivity contribution in [3.8, 4) is 66.8 Å². The van der Waals surface area contributed by atoms with Gasteiger partial charge in [0, 0.05) is 39.3 Å². The van der Waals surface area contributed by atoms with Crippen molar-refractivity contribution >= 4 is 34.1 Å². The largest absolute Gasteiger partial charge is 0.310 e. The first-order valence-electron chi connectivity index (χ1n) is 30.7. The lowest BCUT2D eigenvalue weighted by Gasteiger charge is -2.35. The van der Waals surface area contributed by atoms with Crippen LogP contribution in [0.3, 0.4) is 0 Å². The summed E-state index contributed by atoms with van der Waals surface area (Å²) in [5, 5.41) is 0. The maximum absolute atomic E-state index is 2.61. The molecule has 0 aromatic heterocycles. The van der Waals surface area contributed by atoms with Crippen molar-refractivity contribution in [2.45, 2.75) is 56.3 Å². The highest BCUT2D eigenvalue weighted by Crippen LogP contribution is 2.66. The summed E-state index contributed by atoms with van der Waals surface area (Å²) in [5.41, 5.74) is 30.1. The molecule has 0 radical (unpaired) electrons. The molecule has 4 unspecified atom stereocenters. The van der Waals surface area contributed by atoms with E-state index in [0.717, 1.165) is 46.0 Å². The van der Waals surface area contributed by atoms with E-state index in [1.807, 2.05) is 0 Å². The minimum absolute atomic E-state index is 0.124. The van der Waals surface area contributed by atoms with Crippen LogP contribution in [0.4, 0.5) is 34.1 Å². The van der Waals surface area contributed by atoms with Crippen LogP contribution in [0.2, 0.25) is 0 Å². The summed E-state index contributed by atoms with van der Waals surface area (Å²) >= 11 is 0.